The van der Waals surface area contributed by atoms with Crippen molar-refractivity contribution >= 4 is 17.9 Å². The lowest BCUT2D eigenvalue weighted by atomic mass is 10.2. The summed E-state index contributed by atoms with van der Waals surface area (Å²) in [6.45, 7) is 0. The van der Waals surface area contributed by atoms with Crippen LogP contribution in [0.15, 0.2) is 28.3 Å². The number of guanidine groups is 1. The number of hydrogen-bond donors (Lipinski definition) is 3. The van der Waals surface area contributed by atoms with E-state index >= 15 is 0 Å². The van der Waals surface area contributed by atoms with Crippen molar-refractivity contribution in [3.63, 3.8) is 0 Å². The number of nitro benzene ring substituents is 1. The number of non-ortho nitro benzene ring substituents is 1. The Morgan fingerprint density at radius 3 is 2.89 bits per heavy atom. The number of aliphatic imine (C=N–C) groups is 1. The third-order valence-electron chi connectivity index (χ3n) is 1.89. The van der Waals surface area contributed by atoms with Crippen LogP contribution in [0.25, 0.3) is 0 Å². The van der Waals surface area contributed by atoms with Crippen LogP contribution in [0.2, 0.25) is 0 Å². The van der Waals surface area contributed by atoms with E-state index < -0.39 is 10.7 Å². The average Bonchev–Trinajstić information content (AvgIpc) is 2.36. The van der Waals surface area contributed by atoms with Gasteiger partial charge in [0.2, 0.25) is 5.96 Å². The van der Waals surface area contributed by atoms with E-state index in [1.807, 2.05) is 0 Å². The summed E-state index contributed by atoms with van der Waals surface area (Å²) in [5.41, 5.74) is 3.66. The highest BCUT2D eigenvalue weighted by atomic mass is 19.1. The van der Waals surface area contributed by atoms with Crippen LogP contribution in [-0.4, -0.2) is 29.4 Å². The molecule has 0 aliphatic heterocycles. The lowest BCUT2D eigenvalue weighted by Crippen LogP contribution is -2.31. The molecule has 1 rings (SSSR count). The van der Waals surface area contributed by atoms with Crippen LogP contribution in [-0.2, 0) is 0 Å². The molecule has 0 saturated carbocycles. The van der Waals surface area contributed by atoms with Gasteiger partial charge in [-0.1, -0.05) is 0 Å². The normalized spacial score (nSPS) is 11.6. The Kier molecular flexibility index (Phi) is 4.69. The van der Waals surface area contributed by atoms with Crippen molar-refractivity contribution in [3.8, 4) is 0 Å². The fraction of sp³-hybridized carbons (Fsp3) is 0.111. The molecule has 3 N–H and O–H groups in total. The summed E-state index contributed by atoms with van der Waals surface area (Å²) in [6.07, 6.45) is 1.03. The predicted molar refractivity (Wildman–Crippen MR) is 62.1 cm³/mol. The summed E-state index contributed by atoms with van der Waals surface area (Å²) in [6, 6.07) is 3.06. The summed E-state index contributed by atoms with van der Waals surface area (Å²) in [5, 5.41) is 22.6. The van der Waals surface area contributed by atoms with Gasteiger partial charge in [0.05, 0.1) is 11.1 Å². The van der Waals surface area contributed by atoms with Crippen LogP contribution < -0.4 is 10.9 Å². The van der Waals surface area contributed by atoms with Gasteiger partial charge in [-0.25, -0.2) is 15.3 Å². The lowest BCUT2D eigenvalue weighted by molar-refractivity contribution is -0.384. The third kappa shape index (κ3) is 3.49. The largest absolute Gasteiger partial charge is 0.288 e. The number of halogens is 1. The topological polar surface area (TPSA) is 112 Å². The second-order valence-corrected chi connectivity index (χ2v) is 3.02. The molecule has 1 aromatic rings. The zero-order valence-electron chi connectivity index (χ0n) is 9.29. The molecular formula is C9H10FN5O3. The van der Waals surface area contributed by atoms with Gasteiger partial charge >= 0.3 is 0 Å². The maximum Gasteiger partial charge on any atom is 0.270 e. The SMILES string of the molecule is CN=C(NO)NN=Cc1cc([N+](=O)[O-])ccc1F. The molecule has 0 radical (unpaired) electrons. The number of nitrogens with one attached hydrogen (secondary N) is 2. The highest BCUT2D eigenvalue weighted by molar-refractivity contribution is 5.84. The second-order valence-electron chi connectivity index (χ2n) is 3.02. The van der Waals surface area contributed by atoms with E-state index in [0.717, 1.165) is 24.4 Å². The summed E-state index contributed by atoms with van der Waals surface area (Å²) >= 11 is 0. The van der Waals surface area contributed by atoms with Gasteiger partial charge < -0.3 is 0 Å². The van der Waals surface area contributed by atoms with E-state index in [4.69, 9.17) is 5.21 Å². The summed E-state index contributed by atoms with van der Waals surface area (Å²) in [5.74, 6) is -0.713. The molecule has 96 valence electrons. The Balaban J connectivity index is 2.86. The Morgan fingerprint density at radius 1 is 1.61 bits per heavy atom. The highest BCUT2D eigenvalue weighted by Crippen LogP contribution is 2.15. The molecule has 0 fully saturated rings. The second kappa shape index (κ2) is 6.25. The van der Waals surface area contributed by atoms with Crippen LogP contribution in [0.1, 0.15) is 5.56 Å². The summed E-state index contributed by atoms with van der Waals surface area (Å²) < 4.78 is 13.3. The number of hydrazone groups is 1. The molecule has 0 amide bonds. The van der Waals surface area contributed by atoms with Crippen molar-refractivity contribution in [1.29, 1.82) is 0 Å². The number of rotatable bonds is 3. The van der Waals surface area contributed by atoms with Crippen molar-refractivity contribution in [1.82, 2.24) is 10.9 Å². The first-order valence-corrected chi connectivity index (χ1v) is 4.68. The molecule has 0 aliphatic carbocycles. The number of hydroxylamine groups is 1. The van der Waals surface area contributed by atoms with Crippen LogP contribution in [0.5, 0.6) is 0 Å². The van der Waals surface area contributed by atoms with Gasteiger partial charge in [0, 0.05) is 24.7 Å². The van der Waals surface area contributed by atoms with E-state index in [9.17, 15) is 14.5 Å². The quantitative estimate of drug-likeness (QED) is 0.317. The molecule has 0 atom stereocenters. The molecule has 0 unspecified atom stereocenters. The maximum atomic E-state index is 13.3. The standard InChI is InChI=1S/C9H10FN5O3/c1-11-9(14-16)13-12-5-6-4-7(15(17)18)2-3-8(6)10/h2-5,16H,1H3,(H2,11,13,14). The molecule has 9 heteroatoms. The average molecular weight is 255 g/mol. The first-order chi connectivity index (χ1) is 8.58. The third-order valence-corrected chi connectivity index (χ3v) is 1.89. The van der Waals surface area contributed by atoms with Gasteiger partial charge in [0.25, 0.3) is 5.69 Å². The van der Waals surface area contributed by atoms with Crippen molar-refractivity contribution < 1.29 is 14.5 Å². The van der Waals surface area contributed by atoms with Crippen LogP contribution in [0.4, 0.5) is 10.1 Å². The zero-order chi connectivity index (χ0) is 13.5. The molecule has 0 saturated heterocycles. The molecule has 0 bridgehead atoms. The van der Waals surface area contributed by atoms with E-state index in [1.54, 1.807) is 5.48 Å². The van der Waals surface area contributed by atoms with E-state index in [-0.39, 0.29) is 17.2 Å². The molecule has 0 spiro atoms. The number of benzene rings is 1. The Morgan fingerprint density at radius 2 is 2.33 bits per heavy atom. The predicted octanol–water partition coefficient (Wildman–Crippen LogP) is 0.622. The van der Waals surface area contributed by atoms with Crippen molar-refractivity contribution in [2.75, 3.05) is 7.05 Å². The van der Waals surface area contributed by atoms with Crippen molar-refractivity contribution in [3.05, 3.63) is 39.7 Å². The zero-order valence-corrected chi connectivity index (χ0v) is 9.29. The van der Waals surface area contributed by atoms with Gasteiger partial charge in [-0.15, -0.1) is 0 Å². The minimum atomic E-state index is -0.655. The summed E-state index contributed by atoms with van der Waals surface area (Å²) in [7, 11) is 1.38. The first kappa shape index (κ1) is 13.5. The van der Waals surface area contributed by atoms with E-state index in [0.29, 0.717) is 0 Å². The van der Waals surface area contributed by atoms with Crippen LogP contribution >= 0.6 is 0 Å². The van der Waals surface area contributed by atoms with Crippen molar-refractivity contribution in [2.45, 2.75) is 0 Å². The highest BCUT2D eigenvalue weighted by Gasteiger charge is 2.09. The number of nitrogens with zero attached hydrogens (tertiary/aromatic N) is 3. The molecule has 8 nitrogen and oxygen atoms in total. The van der Waals surface area contributed by atoms with Gasteiger partial charge in [-0.2, -0.15) is 5.10 Å². The van der Waals surface area contributed by atoms with Crippen LogP contribution in [0.3, 0.4) is 0 Å². The lowest BCUT2D eigenvalue weighted by Gasteiger charge is -2.01. The first-order valence-electron chi connectivity index (χ1n) is 4.68. The molecule has 0 aromatic heterocycles. The molecular weight excluding hydrogens is 245 g/mol. The summed E-state index contributed by atoms with van der Waals surface area (Å²) in [4.78, 5) is 13.4. The van der Waals surface area contributed by atoms with Gasteiger partial charge in [-0.3, -0.25) is 20.3 Å². The number of nitro groups is 1. The number of hydrogen-bond acceptors (Lipinski definition) is 5. The van der Waals surface area contributed by atoms with E-state index in [2.05, 4.69) is 15.5 Å². The van der Waals surface area contributed by atoms with Gasteiger partial charge in [0.1, 0.15) is 5.82 Å². The van der Waals surface area contributed by atoms with E-state index in [1.165, 1.54) is 7.05 Å². The fourth-order valence-electron chi connectivity index (χ4n) is 1.03. The maximum absolute atomic E-state index is 13.3. The molecule has 0 heterocycles. The monoisotopic (exact) mass is 255 g/mol. The minimum absolute atomic E-state index is 0.0583. The van der Waals surface area contributed by atoms with Gasteiger partial charge in [-0.05, 0) is 6.07 Å². The Hall–Kier alpha value is -2.55. The Labute approximate surface area is 101 Å². The minimum Gasteiger partial charge on any atom is -0.288 e. The molecule has 18 heavy (non-hydrogen) atoms. The molecule has 0 aliphatic rings. The van der Waals surface area contributed by atoms with Crippen molar-refractivity contribution in [2.24, 2.45) is 10.1 Å². The van der Waals surface area contributed by atoms with Gasteiger partial charge in [0.15, 0.2) is 0 Å². The van der Waals surface area contributed by atoms with Crippen LogP contribution in [0, 0.1) is 15.9 Å². The molecule has 1 aromatic carbocycles. The Bertz CT molecular complexity index is 503. The fourth-order valence-corrected chi connectivity index (χ4v) is 1.03. The smallest absolute Gasteiger partial charge is 0.270 e.